The molecular formula is C9H9ClN2O. The molecule has 2 rings (SSSR count). The molecule has 2 aromatic heterocycles. The van der Waals surface area contributed by atoms with Gasteiger partial charge in [-0.05, 0) is 18.6 Å². The molecule has 2 aromatic rings. The number of nitrogens with zero attached hydrogens (tertiary/aromatic N) is 2. The molecule has 0 aliphatic carbocycles. The molecule has 68 valence electrons. The Labute approximate surface area is 80.6 Å². The maximum absolute atomic E-state index is 9.05. The number of hydrogen-bond acceptors (Lipinski definition) is 2. The molecule has 0 bridgehead atoms. The lowest BCUT2D eigenvalue weighted by molar-refractivity contribution is 0.276. The van der Waals surface area contributed by atoms with Crippen molar-refractivity contribution in [2.45, 2.75) is 13.5 Å². The van der Waals surface area contributed by atoms with Crippen molar-refractivity contribution in [1.29, 1.82) is 0 Å². The van der Waals surface area contributed by atoms with E-state index in [-0.39, 0.29) is 6.61 Å². The quantitative estimate of drug-likeness (QED) is 0.755. The van der Waals surface area contributed by atoms with Crippen molar-refractivity contribution in [3.8, 4) is 0 Å². The molecule has 3 nitrogen and oxygen atoms in total. The van der Waals surface area contributed by atoms with E-state index in [1.54, 1.807) is 4.40 Å². The van der Waals surface area contributed by atoms with Gasteiger partial charge >= 0.3 is 0 Å². The summed E-state index contributed by atoms with van der Waals surface area (Å²) in [6.45, 7) is 1.86. The zero-order valence-corrected chi connectivity index (χ0v) is 7.91. The largest absolute Gasteiger partial charge is 0.390 e. The van der Waals surface area contributed by atoms with Crippen LogP contribution in [0.3, 0.4) is 0 Å². The summed E-state index contributed by atoms with van der Waals surface area (Å²) < 4.78 is 1.80. The smallest absolute Gasteiger partial charge is 0.153 e. The minimum atomic E-state index is -0.0938. The Kier molecular flexibility index (Phi) is 1.98. The first-order valence-corrected chi connectivity index (χ1v) is 4.34. The molecule has 0 aliphatic heterocycles. The van der Waals surface area contributed by atoms with Gasteiger partial charge in [0.2, 0.25) is 0 Å². The molecule has 2 heterocycles. The second-order valence-electron chi connectivity index (χ2n) is 2.89. The fraction of sp³-hybridized carbons (Fsp3) is 0.222. The topological polar surface area (TPSA) is 37.5 Å². The van der Waals surface area contributed by atoms with Crippen LogP contribution in [0.5, 0.6) is 0 Å². The first-order valence-electron chi connectivity index (χ1n) is 3.97. The summed E-state index contributed by atoms with van der Waals surface area (Å²) in [5.41, 5.74) is 2.49. The number of aromatic nitrogens is 2. The lowest BCUT2D eigenvalue weighted by atomic mass is 10.3. The van der Waals surface area contributed by atoms with Crippen LogP contribution in [0.15, 0.2) is 18.3 Å². The molecular weight excluding hydrogens is 188 g/mol. The van der Waals surface area contributed by atoms with Gasteiger partial charge in [0.05, 0.1) is 12.3 Å². The van der Waals surface area contributed by atoms with E-state index in [1.807, 2.05) is 25.3 Å². The van der Waals surface area contributed by atoms with Crippen LogP contribution in [0.2, 0.25) is 5.15 Å². The van der Waals surface area contributed by atoms with Gasteiger partial charge in [0, 0.05) is 6.20 Å². The number of imidazole rings is 1. The molecule has 0 radical (unpaired) electrons. The van der Waals surface area contributed by atoms with E-state index in [0.29, 0.717) is 10.8 Å². The van der Waals surface area contributed by atoms with Crippen molar-refractivity contribution in [3.05, 3.63) is 34.7 Å². The first-order chi connectivity index (χ1) is 6.24. The maximum Gasteiger partial charge on any atom is 0.153 e. The highest BCUT2D eigenvalue weighted by Gasteiger charge is 2.09. The third kappa shape index (κ3) is 1.20. The Hall–Kier alpha value is -1.06. The summed E-state index contributed by atoms with van der Waals surface area (Å²) in [5.74, 6) is 0. The molecule has 0 amide bonds. The molecule has 0 atom stereocenters. The van der Waals surface area contributed by atoms with Crippen LogP contribution in [0.1, 0.15) is 11.3 Å². The Bertz CT molecular complexity index is 450. The van der Waals surface area contributed by atoms with Gasteiger partial charge in [0.15, 0.2) is 5.15 Å². The number of rotatable bonds is 1. The number of aliphatic hydroxyl groups is 1. The van der Waals surface area contributed by atoms with Crippen LogP contribution in [0.25, 0.3) is 5.65 Å². The Morgan fingerprint density at radius 2 is 2.38 bits per heavy atom. The number of aryl methyl sites for hydroxylation is 1. The van der Waals surface area contributed by atoms with Crippen molar-refractivity contribution in [3.63, 3.8) is 0 Å². The Balaban J connectivity index is 2.86. The summed E-state index contributed by atoms with van der Waals surface area (Å²) in [5, 5.41) is 9.42. The summed E-state index contributed by atoms with van der Waals surface area (Å²) >= 11 is 5.85. The fourth-order valence-corrected chi connectivity index (χ4v) is 1.60. The minimum absolute atomic E-state index is 0.0938. The van der Waals surface area contributed by atoms with Gasteiger partial charge < -0.3 is 5.11 Å². The molecule has 0 saturated heterocycles. The average molecular weight is 197 g/mol. The van der Waals surface area contributed by atoms with Crippen molar-refractivity contribution in [2.75, 3.05) is 0 Å². The van der Waals surface area contributed by atoms with Crippen molar-refractivity contribution >= 4 is 17.2 Å². The van der Waals surface area contributed by atoms with Gasteiger partial charge in [0.25, 0.3) is 0 Å². The van der Waals surface area contributed by atoms with Crippen LogP contribution < -0.4 is 0 Å². The highest BCUT2D eigenvalue weighted by Crippen LogP contribution is 2.19. The lowest BCUT2D eigenvalue weighted by Gasteiger charge is -1.98. The minimum Gasteiger partial charge on any atom is -0.390 e. The average Bonchev–Trinajstić information content (AvgIpc) is 2.43. The molecule has 0 saturated carbocycles. The summed E-state index contributed by atoms with van der Waals surface area (Å²) in [6, 6.07) is 3.86. The van der Waals surface area contributed by atoms with E-state index in [4.69, 9.17) is 16.7 Å². The number of halogens is 1. The standard InChI is InChI=1S/C9H9ClN2O/c1-6-3-2-4-12-7(5-13)8(10)11-9(6)12/h2-4,13H,5H2,1H3. The molecule has 0 aromatic carbocycles. The lowest BCUT2D eigenvalue weighted by Crippen LogP contribution is -1.92. The predicted octanol–water partition coefficient (Wildman–Crippen LogP) is 1.79. The van der Waals surface area contributed by atoms with Crippen LogP contribution in [0.4, 0.5) is 0 Å². The van der Waals surface area contributed by atoms with Gasteiger partial charge in [0.1, 0.15) is 5.65 Å². The third-order valence-corrected chi connectivity index (χ3v) is 2.35. The molecule has 0 spiro atoms. The fourth-order valence-electron chi connectivity index (χ4n) is 1.37. The third-order valence-electron chi connectivity index (χ3n) is 2.05. The molecule has 0 fully saturated rings. The normalized spacial score (nSPS) is 11.0. The monoisotopic (exact) mass is 196 g/mol. The van der Waals surface area contributed by atoms with Crippen LogP contribution >= 0.6 is 11.6 Å². The molecule has 0 unspecified atom stereocenters. The molecule has 0 aliphatic rings. The summed E-state index contributed by atoms with van der Waals surface area (Å²) in [4.78, 5) is 4.15. The molecule has 13 heavy (non-hydrogen) atoms. The Morgan fingerprint density at radius 3 is 3.08 bits per heavy atom. The zero-order valence-electron chi connectivity index (χ0n) is 7.16. The highest BCUT2D eigenvalue weighted by atomic mass is 35.5. The maximum atomic E-state index is 9.05. The second kappa shape index (κ2) is 3.01. The van der Waals surface area contributed by atoms with E-state index in [1.165, 1.54) is 0 Å². The highest BCUT2D eigenvalue weighted by molar-refractivity contribution is 6.30. The van der Waals surface area contributed by atoms with Crippen molar-refractivity contribution in [2.24, 2.45) is 0 Å². The summed E-state index contributed by atoms with van der Waals surface area (Å²) in [7, 11) is 0. The van der Waals surface area contributed by atoms with Crippen LogP contribution in [-0.2, 0) is 6.61 Å². The number of aliphatic hydroxyl groups excluding tert-OH is 1. The van der Waals surface area contributed by atoms with E-state index >= 15 is 0 Å². The van der Waals surface area contributed by atoms with E-state index < -0.39 is 0 Å². The van der Waals surface area contributed by atoms with E-state index in [2.05, 4.69) is 4.98 Å². The number of hydrogen-bond donors (Lipinski definition) is 1. The van der Waals surface area contributed by atoms with Crippen molar-refractivity contribution < 1.29 is 5.11 Å². The van der Waals surface area contributed by atoms with Gasteiger partial charge in [-0.15, -0.1) is 0 Å². The first kappa shape index (κ1) is 8.53. The Morgan fingerprint density at radius 1 is 1.62 bits per heavy atom. The number of pyridine rings is 1. The zero-order chi connectivity index (χ0) is 9.42. The van der Waals surface area contributed by atoms with Gasteiger partial charge in [-0.2, -0.15) is 0 Å². The molecule has 1 N–H and O–H groups in total. The van der Waals surface area contributed by atoms with Crippen LogP contribution in [-0.4, -0.2) is 14.5 Å². The van der Waals surface area contributed by atoms with Crippen LogP contribution in [0, 0.1) is 6.92 Å². The van der Waals surface area contributed by atoms with E-state index in [0.717, 1.165) is 11.2 Å². The summed E-state index contributed by atoms with van der Waals surface area (Å²) in [6.07, 6.45) is 1.84. The molecule has 4 heteroatoms. The SMILES string of the molecule is Cc1cccn2c(CO)c(Cl)nc12. The van der Waals surface area contributed by atoms with Gasteiger partial charge in [-0.1, -0.05) is 17.7 Å². The van der Waals surface area contributed by atoms with Crippen molar-refractivity contribution in [1.82, 2.24) is 9.38 Å². The van der Waals surface area contributed by atoms with E-state index in [9.17, 15) is 0 Å². The predicted molar refractivity (Wildman–Crippen MR) is 50.9 cm³/mol. The number of fused-ring (bicyclic) bond motifs is 1. The second-order valence-corrected chi connectivity index (χ2v) is 3.25. The van der Waals surface area contributed by atoms with Gasteiger partial charge in [-0.25, -0.2) is 4.98 Å². The van der Waals surface area contributed by atoms with Gasteiger partial charge in [-0.3, -0.25) is 4.40 Å².